The van der Waals surface area contributed by atoms with E-state index in [4.69, 9.17) is 4.74 Å². The number of allylic oxidation sites excluding steroid dienone is 5. The predicted octanol–water partition coefficient (Wildman–Crippen LogP) is 6.60. The van der Waals surface area contributed by atoms with E-state index in [1.807, 2.05) is 64.1 Å². The number of ether oxygens (including phenoxy) is 1. The van der Waals surface area contributed by atoms with E-state index >= 15 is 0 Å². The first kappa shape index (κ1) is 27.3. The van der Waals surface area contributed by atoms with E-state index in [0.29, 0.717) is 35.8 Å². The molecule has 0 heterocycles. The van der Waals surface area contributed by atoms with Crippen LogP contribution in [0.25, 0.3) is 0 Å². The second-order valence-electron chi connectivity index (χ2n) is 12.2. The summed E-state index contributed by atoms with van der Waals surface area (Å²) in [6, 6.07) is 9.19. The van der Waals surface area contributed by atoms with Crippen molar-refractivity contribution in [3.05, 3.63) is 71.2 Å². The van der Waals surface area contributed by atoms with Crippen molar-refractivity contribution in [2.45, 2.75) is 72.7 Å². The van der Waals surface area contributed by atoms with Crippen LogP contribution in [-0.4, -0.2) is 31.9 Å². The van der Waals surface area contributed by atoms with Gasteiger partial charge >= 0.3 is 0 Å². The first-order valence-corrected chi connectivity index (χ1v) is 16.1. The van der Waals surface area contributed by atoms with Gasteiger partial charge in [0.1, 0.15) is 11.2 Å². The third-order valence-electron chi connectivity index (χ3n) is 8.46. The van der Waals surface area contributed by atoms with Gasteiger partial charge in [0, 0.05) is 5.20 Å². The van der Waals surface area contributed by atoms with E-state index < -0.39 is 30.4 Å². The number of carbonyl (C=O) groups is 2. The summed E-state index contributed by atoms with van der Waals surface area (Å²) in [4.78, 5) is 29.8. The fraction of sp³-hybridized carbons (Fsp3) is 0.533. The normalized spacial score (nSPS) is 29.0. The van der Waals surface area contributed by atoms with Crippen LogP contribution >= 0.6 is 0 Å². The highest BCUT2D eigenvalue weighted by atomic mass is 28.3. The Hall–Kier alpha value is -2.24. The van der Waals surface area contributed by atoms with E-state index in [1.54, 1.807) is 7.11 Å². The third-order valence-corrected chi connectivity index (χ3v) is 10.4. The van der Waals surface area contributed by atoms with Crippen molar-refractivity contribution in [3.8, 4) is 0 Å². The van der Waals surface area contributed by atoms with Gasteiger partial charge in [-0.15, -0.1) is 6.58 Å². The van der Waals surface area contributed by atoms with Crippen molar-refractivity contribution in [1.29, 1.82) is 0 Å². The summed E-state index contributed by atoms with van der Waals surface area (Å²) in [5.41, 5.74) is -1.73. The Morgan fingerprint density at radius 3 is 2.29 bits per heavy atom. The maximum atomic E-state index is 15.0. The Labute approximate surface area is 212 Å². The number of Topliss-reactive ketones (excluding diaryl/α,β-unsaturated/α-hetero) is 2. The van der Waals surface area contributed by atoms with Crippen molar-refractivity contribution in [2.75, 3.05) is 7.11 Å². The minimum Gasteiger partial charge on any atom is -0.500 e. The summed E-state index contributed by atoms with van der Waals surface area (Å²) in [6.07, 6.45) is 4.34. The molecule has 0 radical (unpaired) electrons. The monoisotopic (exact) mass is 494 g/mol. The Bertz CT molecular complexity index is 1070. The van der Waals surface area contributed by atoms with E-state index in [0.717, 1.165) is 5.57 Å². The molecule has 3 unspecified atom stereocenters. The molecule has 190 valence electrons. The quantitative estimate of drug-likeness (QED) is 0.251. The summed E-state index contributed by atoms with van der Waals surface area (Å²) in [6.45, 7) is 18.4. The highest BCUT2D eigenvalue weighted by Gasteiger charge is 2.75. The number of carbonyl (C=O) groups excluding carboxylic acids is 2. The molecule has 3 rings (SSSR count). The highest BCUT2D eigenvalue weighted by Crippen LogP contribution is 2.69. The lowest BCUT2D eigenvalue weighted by atomic mass is 9.40. The zero-order valence-corrected chi connectivity index (χ0v) is 23.7. The van der Waals surface area contributed by atoms with Gasteiger partial charge < -0.3 is 9.84 Å². The number of ketones is 2. The van der Waals surface area contributed by atoms with E-state index in [9.17, 15) is 14.7 Å². The Kier molecular flexibility index (Phi) is 7.29. The molecule has 4 nitrogen and oxygen atoms in total. The van der Waals surface area contributed by atoms with Crippen LogP contribution in [-0.2, 0) is 14.3 Å². The highest BCUT2D eigenvalue weighted by molar-refractivity contribution is 6.88. The molecule has 35 heavy (non-hydrogen) atoms. The topological polar surface area (TPSA) is 63.6 Å². The molecular formula is C30H42O4Si. The summed E-state index contributed by atoms with van der Waals surface area (Å²) in [7, 11) is -0.712. The van der Waals surface area contributed by atoms with E-state index in [-0.39, 0.29) is 17.5 Å². The van der Waals surface area contributed by atoms with Crippen LogP contribution in [0.2, 0.25) is 19.6 Å². The van der Waals surface area contributed by atoms with Crippen LogP contribution in [0.1, 0.15) is 58.6 Å². The Morgan fingerprint density at radius 1 is 1.20 bits per heavy atom. The van der Waals surface area contributed by atoms with Crippen LogP contribution in [0.5, 0.6) is 0 Å². The first-order chi connectivity index (χ1) is 16.2. The van der Waals surface area contributed by atoms with Gasteiger partial charge in [-0.3, -0.25) is 9.59 Å². The summed E-state index contributed by atoms with van der Waals surface area (Å²) >= 11 is 0. The van der Waals surface area contributed by atoms with Crippen LogP contribution in [0.4, 0.5) is 0 Å². The first-order valence-electron chi connectivity index (χ1n) is 12.6. The fourth-order valence-corrected chi connectivity index (χ4v) is 8.48. The molecule has 2 aliphatic rings. The standard InChI is InChI=1S/C30H42O4Si/c1-10-14-22-19-29(18-17-20(2)3)26(34-6)23(35(7,8)9)25(32)30(27(29)33,28(22,4)5)24(31)21-15-12-11-13-16-21/h10-13,15-17,22,24,31H,1,14,18-19H2,2-9H3/t22?,24?,29?,30-/m1/s1. The number of rotatable bonds is 8. The molecule has 0 spiro atoms. The van der Waals surface area contributed by atoms with Gasteiger partial charge in [-0.05, 0) is 50.0 Å². The Balaban J connectivity index is 2.53. The number of hydrogen-bond acceptors (Lipinski definition) is 4. The van der Waals surface area contributed by atoms with Gasteiger partial charge in [-0.1, -0.05) is 81.5 Å². The molecule has 1 N–H and O–H groups in total. The van der Waals surface area contributed by atoms with Crippen molar-refractivity contribution < 1.29 is 19.4 Å². The second kappa shape index (κ2) is 9.33. The zero-order valence-electron chi connectivity index (χ0n) is 22.7. The molecule has 4 atom stereocenters. The van der Waals surface area contributed by atoms with Gasteiger partial charge in [-0.2, -0.15) is 0 Å². The molecule has 0 amide bonds. The maximum Gasteiger partial charge on any atom is 0.175 e. The molecular weight excluding hydrogens is 452 g/mol. The number of hydrogen-bond donors (Lipinski definition) is 1. The SMILES string of the molecule is C=CCC1CC2(CC=C(C)C)C(=O)[C@@](C(O)c3ccccc3)(C(=O)C([Si](C)(C)C)=C2OC)C1(C)C. The van der Waals surface area contributed by atoms with Crippen molar-refractivity contribution in [1.82, 2.24) is 0 Å². The van der Waals surface area contributed by atoms with Crippen LogP contribution in [0, 0.1) is 22.2 Å². The zero-order chi connectivity index (χ0) is 26.4. The minimum atomic E-state index is -2.30. The lowest BCUT2D eigenvalue weighted by Crippen LogP contribution is -2.70. The maximum absolute atomic E-state index is 15.0. The fourth-order valence-electron chi connectivity index (χ4n) is 6.58. The van der Waals surface area contributed by atoms with Crippen LogP contribution in [0.15, 0.2) is 65.6 Å². The molecule has 1 aromatic rings. The van der Waals surface area contributed by atoms with Gasteiger partial charge in [0.2, 0.25) is 0 Å². The Morgan fingerprint density at radius 2 is 1.80 bits per heavy atom. The number of fused-ring (bicyclic) bond motifs is 2. The van der Waals surface area contributed by atoms with Gasteiger partial charge in [0.15, 0.2) is 11.6 Å². The minimum absolute atomic E-state index is 0.0427. The molecule has 1 saturated carbocycles. The van der Waals surface area contributed by atoms with Crippen molar-refractivity contribution >= 4 is 19.6 Å². The van der Waals surface area contributed by atoms with Gasteiger partial charge in [-0.25, -0.2) is 0 Å². The number of benzene rings is 1. The van der Waals surface area contributed by atoms with E-state index in [1.165, 1.54) is 0 Å². The molecule has 0 aliphatic heterocycles. The summed E-state index contributed by atoms with van der Waals surface area (Å²) < 4.78 is 6.05. The van der Waals surface area contributed by atoms with Gasteiger partial charge in [0.25, 0.3) is 0 Å². The molecule has 0 saturated heterocycles. The molecule has 2 bridgehead atoms. The smallest absolute Gasteiger partial charge is 0.175 e. The summed E-state index contributed by atoms with van der Waals surface area (Å²) in [5, 5.41) is 12.8. The molecule has 1 fully saturated rings. The van der Waals surface area contributed by atoms with Crippen molar-refractivity contribution in [3.63, 3.8) is 0 Å². The predicted molar refractivity (Wildman–Crippen MR) is 144 cm³/mol. The lowest BCUT2D eigenvalue weighted by molar-refractivity contribution is -0.187. The summed E-state index contributed by atoms with van der Waals surface area (Å²) in [5.74, 6) is 0.0398. The number of aliphatic hydroxyl groups is 1. The average molecular weight is 495 g/mol. The molecule has 5 heteroatoms. The van der Waals surface area contributed by atoms with E-state index in [2.05, 4.69) is 32.3 Å². The van der Waals surface area contributed by atoms with Crippen LogP contribution in [0.3, 0.4) is 0 Å². The molecule has 1 aromatic carbocycles. The second-order valence-corrected chi connectivity index (χ2v) is 17.2. The molecule has 2 aliphatic carbocycles. The van der Waals surface area contributed by atoms with Crippen LogP contribution < -0.4 is 0 Å². The number of methoxy groups -OCH3 is 1. The van der Waals surface area contributed by atoms with Crippen molar-refractivity contribution in [2.24, 2.45) is 22.2 Å². The number of aliphatic hydroxyl groups excluding tert-OH is 1. The largest absolute Gasteiger partial charge is 0.500 e. The van der Waals surface area contributed by atoms with Gasteiger partial charge in [0.05, 0.1) is 26.7 Å². The lowest BCUT2D eigenvalue weighted by Gasteiger charge is -2.62. The third kappa shape index (κ3) is 3.91. The molecule has 0 aromatic heterocycles. The average Bonchev–Trinajstić information content (AvgIpc) is 2.78.